The number of sulfonamides is 1. The number of nitrogens with zero attached hydrogens (tertiary/aromatic N) is 3. The van der Waals surface area contributed by atoms with Gasteiger partial charge in [-0.2, -0.15) is 9.40 Å². The Morgan fingerprint density at radius 3 is 2.40 bits per heavy atom. The first-order chi connectivity index (χ1) is 9.43. The van der Waals surface area contributed by atoms with Crippen molar-refractivity contribution in [1.82, 2.24) is 14.1 Å². The summed E-state index contributed by atoms with van der Waals surface area (Å²) in [5.41, 5.74) is 1.78. The minimum atomic E-state index is -3.47. The smallest absolute Gasteiger partial charge is 0.243 e. The highest BCUT2D eigenvalue weighted by atomic mass is 32.2. The van der Waals surface area contributed by atoms with E-state index in [0.29, 0.717) is 4.90 Å². The molecule has 0 fully saturated rings. The molecule has 1 aromatic carbocycles. The minimum absolute atomic E-state index is 0.267. The first kappa shape index (κ1) is 14.7. The van der Waals surface area contributed by atoms with Crippen molar-refractivity contribution in [3.63, 3.8) is 0 Å². The van der Waals surface area contributed by atoms with Crippen molar-refractivity contribution < 1.29 is 8.42 Å². The van der Waals surface area contributed by atoms with Crippen LogP contribution in [0.25, 0.3) is 0 Å². The number of hydrogen-bond acceptors (Lipinski definition) is 3. The number of aromatic nitrogens is 2. The second-order valence-electron chi connectivity index (χ2n) is 4.74. The maximum atomic E-state index is 12.4. The van der Waals surface area contributed by atoms with Crippen LogP contribution in [0, 0.1) is 6.92 Å². The number of aryl methyl sites for hydroxylation is 2. The van der Waals surface area contributed by atoms with Crippen molar-refractivity contribution >= 4 is 10.0 Å². The normalized spacial score (nSPS) is 12.0. The molecule has 0 radical (unpaired) electrons. The van der Waals surface area contributed by atoms with Crippen molar-refractivity contribution in [2.45, 2.75) is 31.8 Å². The zero-order valence-electron chi connectivity index (χ0n) is 11.9. The van der Waals surface area contributed by atoms with Crippen LogP contribution in [-0.2, 0) is 23.1 Å². The van der Waals surface area contributed by atoms with E-state index in [1.807, 2.05) is 26.1 Å². The molecule has 0 N–H and O–H groups in total. The van der Waals surface area contributed by atoms with Crippen molar-refractivity contribution in [3.05, 3.63) is 47.8 Å². The van der Waals surface area contributed by atoms with E-state index in [9.17, 15) is 8.42 Å². The molecule has 1 aromatic heterocycles. The third kappa shape index (κ3) is 3.08. The Balaban J connectivity index is 2.18. The quantitative estimate of drug-likeness (QED) is 0.847. The molecular weight excluding hydrogens is 274 g/mol. The average Bonchev–Trinajstić information content (AvgIpc) is 2.87. The molecule has 5 nitrogen and oxygen atoms in total. The Morgan fingerprint density at radius 1 is 1.20 bits per heavy atom. The number of benzene rings is 1. The van der Waals surface area contributed by atoms with Crippen LogP contribution in [0.1, 0.15) is 18.2 Å². The highest BCUT2D eigenvalue weighted by molar-refractivity contribution is 7.89. The summed E-state index contributed by atoms with van der Waals surface area (Å²) in [7, 11) is -1.90. The lowest BCUT2D eigenvalue weighted by Crippen LogP contribution is -2.26. The largest absolute Gasteiger partial charge is 0.273 e. The van der Waals surface area contributed by atoms with Crippen LogP contribution in [0.2, 0.25) is 0 Å². The van der Waals surface area contributed by atoms with Gasteiger partial charge in [0, 0.05) is 19.8 Å². The average molecular weight is 293 g/mol. The van der Waals surface area contributed by atoms with Gasteiger partial charge in [0.1, 0.15) is 0 Å². The summed E-state index contributed by atoms with van der Waals surface area (Å²) >= 11 is 0. The zero-order valence-corrected chi connectivity index (χ0v) is 12.8. The predicted octanol–water partition coefficient (Wildman–Crippen LogP) is 2.03. The van der Waals surface area contributed by atoms with Crippen molar-refractivity contribution in [2.24, 2.45) is 0 Å². The van der Waals surface area contributed by atoms with Crippen molar-refractivity contribution in [3.8, 4) is 0 Å². The van der Waals surface area contributed by atoms with Gasteiger partial charge in [-0.05, 0) is 32.0 Å². The highest BCUT2D eigenvalue weighted by Gasteiger charge is 2.21. The Labute approximate surface area is 119 Å². The molecule has 0 aliphatic rings. The first-order valence-electron chi connectivity index (χ1n) is 6.49. The van der Waals surface area contributed by atoms with Crippen LogP contribution in [-0.4, -0.2) is 29.6 Å². The van der Waals surface area contributed by atoms with Crippen LogP contribution in [0.4, 0.5) is 0 Å². The predicted molar refractivity (Wildman–Crippen MR) is 77.7 cm³/mol. The second-order valence-corrected chi connectivity index (χ2v) is 6.78. The van der Waals surface area contributed by atoms with Gasteiger partial charge in [-0.3, -0.25) is 4.68 Å². The van der Waals surface area contributed by atoms with E-state index in [-0.39, 0.29) is 6.54 Å². The Kier molecular flexibility index (Phi) is 4.25. The molecule has 0 spiro atoms. The third-order valence-electron chi connectivity index (χ3n) is 3.13. The van der Waals surface area contributed by atoms with Crippen molar-refractivity contribution in [1.29, 1.82) is 0 Å². The van der Waals surface area contributed by atoms with Crippen LogP contribution in [0.15, 0.2) is 41.4 Å². The van der Waals surface area contributed by atoms with Gasteiger partial charge < -0.3 is 0 Å². The molecule has 0 aliphatic heterocycles. The summed E-state index contributed by atoms with van der Waals surface area (Å²) < 4.78 is 27.9. The molecule has 0 unspecified atom stereocenters. The Bertz CT molecular complexity index is 675. The van der Waals surface area contributed by atoms with Gasteiger partial charge in [-0.25, -0.2) is 8.42 Å². The van der Waals surface area contributed by atoms with Gasteiger partial charge in [-0.15, -0.1) is 0 Å². The molecule has 0 aliphatic carbocycles. The number of hydrogen-bond donors (Lipinski definition) is 0. The van der Waals surface area contributed by atoms with Crippen LogP contribution >= 0.6 is 0 Å². The third-order valence-corrected chi connectivity index (χ3v) is 4.95. The van der Waals surface area contributed by atoms with E-state index in [0.717, 1.165) is 17.8 Å². The van der Waals surface area contributed by atoms with Gasteiger partial charge in [-0.1, -0.05) is 17.7 Å². The lowest BCUT2D eigenvalue weighted by atomic mass is 10.2. The molecule has 1 heterocycles. The first-order valence-corrected chi connectivity index (χ1v) is 7.93. The summed E-state index contributed by atoms with van der Waals surface area (Å²) in [4.78, 5) is 0.306. The molecule has 20 heavy (non-hydrogen) atoms. The lowest BCUT2D eigenvalue weighted by molar-refractivity contribution is 0.458. The monoisotopic (exact) mass is 293 g/mol. The van der Waals surface area contributed by atoms with E-state index in [4.69, 9.17) is 0 Å². The van der Waals surface area contributed by atoms with Gasteiger partial charge in [0.05, 0.1) is 17.1 Å². The van der Waals surface area contributed by atoms with Gasteiger partial charge >= 0.3 is 0 Å². The number of rotatable bonds is 5. The summed E-state index contributed by atoms with van der Waals surface area (Å²) in [6.07, 6.45) is 1.85. The zero-order chi connectivity index (χ0) is 14.8. The molecule has 0 bridgehead atoms. The van der Waals surface area contributed by atoms with Gasteiger partial charge in [0.15, 0.2) is 0 Å². The van der Waals surface area contributed by atoms with E-state index < -0.39 is 10.0 Å². The van der Waals surface area contributed by atoms with E-state index in [1.54, 1.807) is 36.0 Å². The standard InChI is InChI=1S/C14H19N3O2S/c1-4-17-10-9-13(15-17)11-16(3)20(18,19)14-7-5-12(2)6-8-14/h5-10H,4,11H2,1-3H3. The molecular formula is C14H19N3O2S. The molecule has 0 atom stereocenters. The van der Waals surface area contributed by atoms with Gasteiger partial charge in [0.25, 0.3) is 0 Å². The fourth-order valence-corrected chi connectivity index (χ4v) is 3.01. The second kappa shape index (κ2) is 5.76. The lowest BCUT2D eigenvalue weighted by Gasteiger charge is -2.16. The van der Waals surface area contributed by atoms with Gasteiger partial charge in [0.2, 0.25) is 10.0 Å². The summed E-state index contributed by atoms with van der Waals surface area (Å²) in [6, 6.07) is 8.70. The summed E-state index contributed by atoms with van der Waals surface area (Å²) in [5, 5.41) is 4.30. The highest BCUT2D eigenvalue weighted by Crippen LogP contribution is 2.16. The maximum absolute atomic E-state index is 12.4. The Hall–Kier alpha value is -1.66. The van der Waals surface area contributed by atoms with E-state index >= 15 is 0 Å². The maximum Gasteiger partial charge on any atom is 0.243 e. The summed E-state index contributed by atoms with van der Waals surface area (Å²) in [6.45, 7) is 4.96. The fraction of sp³-hybridized carbons (Fsp3) is 0.357. The molecule has 2 rings (SSSR count). The Morgan fingerprint density at radius 2 is 1.85 bits per heavy atom. The topological polar surface area (TPSA) is 55.2 Å². The molecule has 0 saturated heterocycles. The minimum Gasteiger partial charge on any atom is -0.273 e. The molecule has 0 saturated carbocycles. The van der Waals surface area contributed by atoms with Crippen LogP contribution < -0.4 is 0 Å². The van der Waals surface area contributed by atoms with Crippen LogP contribution in [0.3, 0.4) is 0 Å². The van der Waals surface area contributed by atoms with Crippen LogP contribution in [0.5, 0.6) is 0 Å². The molecule has 0 amide bonds. The van der Waals surface area contributed by atoms with E-state index in [2.05, 4.69) is 5.10 Å². The molecule has 108 valence electrons. The SMILES string of the molecule is CCn1ccc(CN(C)S(=O)(=O)c2ccc(C)cc2)n1. The molecule has 6 heteroatoms. The van der Waals surface area contributed by atoms with E-state index in [1.165, 1.54) is 4.31 Å². The van der Waals surface area contributed by atoms with Crippen molar-refractivity contribution in [2.75, 3.05) is 7.05 Å². The molecule has 2 aromatic rings. The summed E-state index contributed by atoms with van der Waals surface area (Å²) in [5.74, 6) is 0. The fourth-order valence-electron chi connectivity index (χ4n) is 1.87.